The van der Waals surface area contributed by atoms with E-state index >= 15 is 0 Å². The zero-order valence-electron chi connectivity index (χ0n) is 11.3. The molecule has 0 aliphatic heterocycles. The number of rotatable bonds is 4. The van der Waals surface area contributed by atoms with E-state index in [4.69, 9.17) is 22.2 Å². The first-order chi connectivity index (χ1) is 9.56. The highest BCUT2D eigenvalue weighted by molar-refractivity contribution is 9.10. The number of hydrazine groups is 1. The van der Waals surface area contributed by atoms with E-state index in [1.54, 1.807) is 7.11 Å². The predicted octanol–water partition coefficient (Wildman–Crippen LogP) is 3.97. The molecule has 0 radical (unpaired) electrons. The highest BCUT2D eigenvalue weighted by Crippen LogP contribution is 2.31. The van der Waals surface area contributed by atoms with Crippen LogP contribution in [0.1, 0.15) is 22.7 Å². The predicted molar refractivity (Wildman–Crippen MR) is 86.0 cm³/mol. The van der Waals surface area contributed by atoms with Crippen LogP contribution in [0.2, 0.25) is 5.02 Å². The first kappa shape index (κ1) is 15.3. The second-order valence-electron chi connectivity index (χ2n) is 4.50. The van der Waals surface area contributed by atoms with Crippen LogP contribution in [0.4, 0.5) is 0 Å². The summed E-state index contributed by atoms with van der Waals surface area (Å²) in [4.78, 5) is 0. The number of methoxy groups -OCH3 is 1. The third-order valence-electron chi connectivity index (χ3n) is 3.23. The summed E-state index contributed by atoms with van der Waals surface area (Å²) in [6, 6.07) is 11.6. The maximum atomic E-state index is 6.15. The number of hydrogen-bond acceptors (Lipinski definition) is 3. The standard InChI is InChI=1S/C15H16BrClN2O/c1-9-7-11(20-2)4-5-12(9)15(19-18)10-3-6-13(16)14(17)8-10/h3-8,15,19H,18H2,1-2H3. The van der Waals surface area contributed by atoms with E-state index in [0.29, 0.717) is 5.02 Å². The number of benzene rings is 2. The Labute approximate surface area is 132 Å². The van der Waals surface area contributed by atoms with Crippen molar-refractivity contribution in [3.05, 3.63) is 62.6 Å². The molecule has 0 saturated heterocycles. The lowest BCUT2D eigenvalue weighted by Gasteiger charge is -2.20. The SMILES string of the molecule is COc1ccc(C(NN)c2ccc(Br)c(Cl)c2)c(C)c1. The van der Waals surface area contributed by atoms with Crippen molar-refractivity contribution in [2.45, 2.75) is 13.0 Å². The van der Waals surface area contributed by atoms with E-state index in [1.807, 2.05) is 43.3 Å². The average Bonchev–Trinajstić information content (AvgIpc) is 2.45. The smallest absolute Gasteiger partial charge is 0.119 e. The second kappa shape index (κ2) is 6.59. The third-order valence-corrected chi connectivity index (χ3v) is 4.46. The molecule has 0 aliphatic carbocycles. The van der Waals surface area contributed by atoms with Gasteiger partial charge in [0.2, 0.25) is 0 Å². The van der Waals surface area contributed by atoms with Crippen LogP contribution in [-0.4, -0.2) is 7.11 Å². The molecule has 2 aromatic rings. The van der Waals surface area contributed by atoms with Crippen molar-refractivity contribution in [1.82, 2.24) is 5.43 Å². The molecule has 0 bridgehead atoms. The van der Waals surface area contributed by atoms with Gasteiger partial charge in [-0.05, 0) is 63.8 Å². The van der Waals surface area contributed by atoms with Gasteiger partial charge in [0.25, 0.3) is 0 Å². The molecule has 1 unspecified atom stereocenters. The Balaban J connectivity index is 2.43. The molecule has 0 spiro atoms. The van der Waals surface area contributed by atoms with Crippen LogP contribution >= 0.6 is 27.5 Å². The van der Waals surface area contributed by atoms with E-state index < -0.39 is 0 Å². The Morgan fingerprint density at radius 1 is 1.25 bits per heavy atom. The van der Waals surface area contributed by atoms with Gasteiger partial charge in [-0.1, -0.05) is 23.7 Å². The monoisotopic (exact) mass is 354 g/mol. The Morgan fingerprint density at radius 2 is 2.00 bits per heavy atom. The van der Waals surface area contributed by atoms with Crippen molar-refractivity contribution in [1.29, 1.82) is 0 Å². The van der Waals surface area contributed by atoms with E-state index in [2.05, 4.69) is 21.4 Å². The lowest BCUT2D eigenvalue weighted by atomic mass is 9.95. The Bertz CT molecular complexity index is 619. The lowest BCUT2D eigenvalue weighted by Crippen LogP contribution is -2.29. The van der Waals surface area contributed by atoms with Gasteiger partial charge in [-0.25, -0.2) is 5.43 Å². The third kappa shape index (κ3) is 3.15. The number of hydrogen-bond donors (Lipinski definition) is 2. The lowest BCUT2D eigenvalue weighted by molar-refractivity contribution is 0.414. The summed E-state index contributed by atoms with van der Waals surface area (Å²) in [5.41, 5.74) is 6.05. The molecule has 0 aromatic heterocycles. The second-order valence-corrected chi connectivity index (χ2v) is 5.76. The molecule has 0 heterocycles. The largest absolute Gasteiger partial charge is 0.497 e. The number of halogens is 2. The Kier molecular flexibility index (Phi) is 5.05. The van der Waals surface area contributed by atoms with Crippen molar-refractivity contribution >= 4 is 27.5 Å². The molecule has 2 rings (SSSR count). The molecule has 0 aliphatic rings. The highest BCUT2D eigenvalue weighted by Gasteiger charge is 2.16. The summed E-state index contributed by atoms with van der Waals surface area (Å²) in [5, 5.41) is 0.661. The fourth-order valence-electron chi connectivity index (χ4n) is 2.16. The normalized spacial score (nSPS) is 12.2. The summed E-state index contributed by atoms with van der Waals surface area (Å²) in [5.74, 6) is 6.56. The van der Waals surface area contributed by atoms with Crippen molar-refractivity contribution < 1.29 is 4.74 Å². The number of nitrogens with one attached hydrogen (secondary N) is 1. The summed E-state index contributed by atoms with van der Waals surface area (Å²) < 4.78 is 6.09. The van der Waals surface area contributed by atoms with Gasteiger partial charge in [-0.3, -0.25) is 5.84 Å². The van der Waals surface area contributed by atoms with Gasteiger partial charge >= 0.3 is 0 Å². The number of aryl methyl sites for hydroxylation is 1. The summed E-state index contributed by atoms with van der Waals surface area (Å²) in [6.07, 6.45) is 0. The molecule has 0 saturated carbocycles. The van der Waals surface area contributed by atoms with Gasteiger partial charge in [-0.2, -0.15) is 0 Å². The van der Waals surface area contributed by atoms with E-state index in [1.165, 1.54) is 0 Å². The zero-order valence-corrected chi connectivity index (χ0v) is 13.6. The van der Waals surface area contributed by atoms with Crippen molar-refractivity contribution in [2.24, 2.45) is 5.84 Å². The molecule has 20 heavy (non-hydrogen) atoms. The first-order valence-corrected chi connectivity index (χ1v) is 7.29. The minimum Gasteiger partial charge on any atom is -0.497 e. The maximum absolute atomic E-state index is 6.15. The van der Waals surface area contributed by atoms with Crippen LogP contribution < -0.4 is 16.0 Å². The van der Waals surface area contributed by atoms with E-state index in [0.717, 1.165) is 26.9 Å². The van der Waals surface area contributed by atoms with Crippen molar-refractivity contribution in [3.8, 4) is 5.75 Å². The fourth-order valence-corrected chi connectivity index (χ4v) is 2.59. The van der Waals surface area contributed by atoms with Crippen molar-refractivity contribution in [3.63, 3.8) is 0 Å². The van der Waals surface area contributed by atoms with Gasteiger partial charge in [-0.15, -0.1) is 0 Å². The topological polar surface area (TPSA) is 47.3 Å². The minimum absolute atomic E-state index is 0.119. The van der Waals surface area contributed by atoms with Crippen LogP contribution in [0.5, 0.6) is 5.75 Å². The molecule has 0 fully saturated rings. The van der Waals surface area contributed by atoms with E-state index in [9.17, 15) is 0 Å². The molecule has 5 heteroatoms. The van der Waals surface area contributed by atoms with Crippen LogP contribution in [0.15, 0.2) is 40.9 Å². The average molecular weight is 356 g/mol. The molecule has 3 N–H and O–H groups in total. The van der Waals surface area contributed by atoms with Gasteiger partial charge in [0.05, 0.1) is 18.2 Å². The zero-order chi connectivity index (χ0) is 14.7. The molecule has 2 aromatic carbocycles. The van der Waals surface area contributed by atoms with Gasteiger partial charge in [0.15, 0.2) is 0 Å². The minimum atomic E-state index is -0.119. The molecular weight excluding hydrogens is 340 g/mol. The van der Waals surface area contributed by atoms with Crippen LogP contribution in [-0.2, 0) is 0 Å². The van der Waals surface area contributed by atoms with Gasteiger partial charge in [0.1, 0.15) is 5.75 Å². The van der Waals surface area contributed by atoms with Crippen LogP contribution in [0.25, 0.3) is 0 Å². The maximum Gasteiger partial charge on any atom is 0.119 e. The number of ether oxygens (including phenoxy) is 1. The van der Waals surface area contributed by atoms with Gasteiger partial charge in [0, 0.05) is 4.47 Å². The Morgan fingerprint density at radius 3 is 2.55 bits per heavy atom. The summed E-state index contributed by atoms with van der Waals surface area (Å²) >= 11 is 9.54. The number of nitrogens with two attached hydrogens (primary N) is 1. The fraction of sp³-hybridized carbons (Fsp3) is 0.200. The van der Waals surface area contributed by atoms with Crippen LogP contribution in [0.3, 0.4) is 0 Å². The summed E-state index contributed by atoms with van der Waals surface area (Å²) in [6.45, 7) is 2.03. The first-order valence-electron chi connectivity index (χ1n) is 6.12. The molecular formula is C15H16BrClN2O. The van der Waals surface area contributed by atoms with E-state index in [-0.39, 0.29) is 6.04 Å². The van der Waals surface area contributed by atoms with Gasteiger partial charge < -0.3 is 4.74 Å². The molecule has 0 amide bonds. The molecule has 1 atom stereocenters. The summed E-state index contributed by atoms with van der Waals surface area (Å²) in [7, 11) is 1.65. The quantitative estimate of drug-likeness (QED) is 0.644. The molecule has 3 nitrogen and oxygen atoms in total. The Hall–Kier alpha value is -1.07. The van der Waals surface area contributed by atoms with Crippen molar-refractivity contribution in [2.75, 3.05) is 7.11 Å². The highest BCUT2D eigenvalue weighted by atomic mass is 79.9. The molecule has 106 valence electrons. The van der Waals surface area contributed by atoms with Crippen LogP contribution in [0, 0.1) is 6.92 Å².